The first-order chi connectivity index (χ1) is 14.6. The van der Waals surface area contributed by atoms with Crippen molar-refractivity contribution < 1.29 is 23.8 Å². The molecule has 160 valence electrons. The Morgan fingerprint density at radius 1 is 1.00 bits per heavy atom. The standard InChI is InChI=1S/C22H27N3O5/c1-28-18-7-8-19(20(15-18)29-2)24-22(27)21(26)23-10-9-16-3-5-17(6-4-16)25-11-13-30-14-12-25/h3-8,15H,9-14H2,1-2H3,(H,23,26)(H,24,27). The maximum absolute atomic E-state index is 12.2. The Morgan fingerprint density at radius 2 is 1.73 bits per heavy atom. The number of morpholine rings is 1. The Kier molecular flexibility index (Phi) is 7.51. The van der Waals surface area contributed by atoms with Crippen LogP contribution in [0.4, 0.5) is 11.4 Å². The first-order valence-electron chi connectivity index (χ1n) is 9.83. The van der Waals surface area contributed by atoms with E-state index in [0.29, 0.717) is 30.2 Å². The highest BCUT2D eigenvalue weighted by atomic mass is 16.5. The van der Waals surface area contributed by atoms with Gasteiger partial charge in [0.25, 0.3) is 0 Å². The van der Waals surface area contributed by atoms with Gasteiger partial charge in [0.15, 0.2) is 0 Å². The third-order valence-corrected chi connectivity index (χ3v) is 4.87. The highest BCUT2D eigenvalue weighted by Gasteiger charge is 2.16. The van der Waals surface area contributed by atoms with Gasteiger partial charge in [-0.2, -0.15) is 0 Å². The van der Waals surface area contributed by atoms with E-state index in [1.54, 1.807) is 18.2 Å². The molecular formula is C22H27N3O5. The van der Waals surface area contributed by atoms with Gasteiger partial charge in [0.05, 0.1) is 33.1 Å². The number of ether oxygens (including phenoxy) is 3. The molecule has 2 aromatic rings. The lowest BCUT2D eigenvalue weighted by atomic mass is 10.1. The van der Waals surface area contributed by atoms with Crippen molar-refractivity contribution in [3.63, 3.8) is 0 Å². The minimum atomic E-state index is -0.749. The Balaban J connectivity index is 1.46. The van der Waals surface area contributed by atoms with Crippen molar-refractivity contribution in [1.82, 2.24) is 5.32 Å². The zero-order valence-corrected chi connectivity index (χ0v) is 17.3. The van der Waals surface area contributed by atoms with E-state index in [-0.39, 0.29) is 0 Å². The Labute approximate surface area is 176 Å². The monoisotopic (exact) mass is 413 g/mol. The number of methoxy groups -OCH3 is 2. The third-order valence-electron chi connectivity index (χ3n) is 4.87. The molecule has 2 N–H and O–H groups in total. The number of hydrogen-bond acceptors (Lipinski definition) is 6. The first kappa shape index (κ1) is 21.4. The molecule has 2 amide bonds. The summed E-state index contributed by atoms with van der Waals surface area (Å²) in [6.45, 7) is 3.65. The second-order valence-corrected chi connectivity index (χ2v) is 6.79. The Bertz CT molecular complexity index is 864. The molecule has 0 bridgehead atoms. The fourth-order valence-corrected chi connectivity index (χ4v) is 3.18. The molecule has 1 saturated heterocycles. The lowest BCUT2D eigenvalue weighted by Crippen LogP contribution is -2.36. The number of benzene rings is 2. The summed E-state index contributed by atoms with van der Waals surface area (Å²) in [7, 11) is 3.02. The molecule has 0 spiro atoms. The van der Waals surface area contributed by atoms with Crippen LogP contribution in [0.2, 0.25) is 0 Å². The second-order valence-electron chi connectivity index (χ2n) is 6.79. The van der Waals surface area contributed by atoms with Gasteiger partial charge in [-0.3, -0.25) is 9.59 Å². The van der Waals surface area contributed by atoms with E-state index in [1.807, 2.05) is 12.1 Å². The van der Waals surface area contributed by atoms with Gasteiger partial charge in [-0.15, -0.1) is 0 Å². The summed E-state index contributed by atoms with van der Waals surface area (Å²) < 4.78 is 15.7. The van der Waals surface area contributed by atoms with Gasteiger partial charge >= 0.3 is 11.8 Å². The van der Waals surface area contributed by atoms with Gasteiger partial charge in [0, 0.05) is 31.4 Å². The second kappa shape index (κ2) is 10.5. The Hall–Kier alpha value is -3.26. The fraction of sp³-hybridized carbons (Fsp3) is 0.364. The van der Waals surface area contributed by atoms with Gasteiger partial charge in [-0.25, -0.2) is 0 Å². The smallest absolute Gasteiger partial charge is 0.313 e. The average molecular weight is 413 g/mol. The molecule has 0 saturated carbocycles. The van der Waals surface area contributed by atoms with E-state index in [4.69, 9.17) is 14.2 Å². The quantitative estimate of drug-likeness (QED) is 0.674. The maximum atomic E-state index is 12.2. The van der Waals surface area contributed by atoms with E-state index >= 15 is 0 Å². The summed E-state index contributed by atoms with van der Waals surface area (Å²) in [5.74, 6) is -0.441. The number of hydrogen-bond donors (Lipinski definition) is 2. The maximum Gasteiger partial charge on any atom is 0.313 e. The van der Waals surface area contributed by atoms with Crippen LogP contribution in [0.5, 0.6) is 11.5 Å². The van der Waals surface area contributed by atoms with Crippen LogP contribution in [0.1, 0.15) is 5.56 Å². The number of amides is 2. The zero-order chi connectivity index (χ0) is 21.3. The zero-order valence-electron chi connectivity index (χ0n) is 17.3. The molecule has 0 radical (unpaired) electrons. The normalized spacial score (nSPS) is 13.5. The number of carbonyl (C=O) groups is 2. The molecule has 1 heterocycles. The van der Waals surface area contributed by atoms with Crippen molar-refractivity contribution in [3.8, 4) is 11.5 Å². The fourth-order valence-electron chi connectivity index (χ4n) is 3.18. The van der Waals surface area contributed by atoms with Crippen molar-refractivity contribution in [2.45, 2.75) is 6.42 Å². The molecule has 1 fully saturated rings. The molecule has 0 atom stereocenters. The predicted octanol–water partition coefficient (Wildman–Crippen LogP) is 1.84. The highest BCUT2D eigenvalue weighted by molar-refractivity contribution is 6.39. The molecule has 1 aliphatic heterocycles. The average Bonchev–Trinajstić information content (AvgIpc) is 2.80. The number of nitrogens with one attached hydrogen (secondary N) is 2. The SMILES string of the molecule is COc1ccc(NC(=O)C(=O)NCCc2ccc(N3CCOCC3)cc2)c(OC)c1. The van der Waals surface area contributed by atoms with Crippen molar-refractivity contribution in [2.24, 2.45) is 0 Å². The van der Waals surface area contributed by atoms with Crippen molar-refractivity contribution in [3.05, 3.63) is 48.0 Å². The molecule has 3 rings (SSSR count). The van der Waals surface area contributed by atoms with Crippen LogP contribution in [-0.2, 0) is 20.7 Å². The largest absolute Gasteiger partial charge is 0.497 e. The van der Waals surface area contributed by atoms with Crippen LogP contribution in [0, 0.1) is 0 Å². The van der Waals surface area contributed by atoms with E-state index < -0.39 is 11.8 Å². The topological polar surface area (TPSA) is 89.1 Å². The van der Waals surface area contributed by atoms with E-state index in [9.17, 15) is 9.59 Å². The Morgan fingerprint density at radius 3 is 2.40 bits per heavy atom. The van der Waals surface area contributed by atoms with Gasteiger partial charge in [0.1, 0.15) is 11.5 Å². The molecule has 0 unspecified atom stereocenters. The summed E-state index contributed by atoms with van der Waals surface area (Å²) in [5, 5.41) is 5.20. The van der Waals surface area contributed by atoms with Crippen molar-refractivity contribution in [2.75, 3.05) is 57.3 Å². The number of nitrogens with zero attached hydrogens (tertiary/aromatic N) is 1. The molecule has 8 heteroatoms. The molecular weight excluding hydrogens is 386 g/mol. The summed E-state index contributed by atoms with van der Waals surface area (Å²) >= 11 is 0. The van der Waals surface area contributed by atoms with E-state index in [0.717, 1.165) is 31.9 Å². The van der Waals surface area contributed by atoms with E-state index in [2.05, 4.69) is 27.7 Å². The highest BCUT2D eigenvalue weighted by Crippen LogP contribution is 2.28. The van der Waals surface area contributed by atoms with Gasteiger partial charge in [-0.1, -0.05) is 12.1 Å². The summed E-state index contributed by atoms with van der Waals surface area (Å²) in [4.78, 5) is 26.6. The summed E-state index contributed by atoms with van der Waals surface area (Å²) in [6.07, 6.45) is 0.633. The summed E-state index contributed by atoms with van der Waals surface area (Å²) in [6, 6.07) is 13.2. The van der Waals surface area contributed by atoms with Crippen LogP contribution in [-0.4, -0.2) is 58.9 Å². The van der Waals surface area contributed by atoms with Crippen LogP contribution in [0.15, 0.2) is 42.5 Å². The summed E-state index contributed by atoms with van der Waals surface area (Å²) in [5.41, 5.74) is 2.65. The molecule has 0 aliphatic carbocycles. The third kappa shape index (κ3) is 5.64. The van der Waals surface area contributed by atoms with Crippen LogP contribution >= 0.6 is 0 Å². The van der Waals surface area contributed by atoms with Crippen LogP contribution in [0.3, 0.4) is 0 Å². The van der Waals surface area contributed by atoms with Crippen LogP contribution in [0.25, 0.3) is 0 Å². The minimum absolute atomic E-state index is 0.364. The van der Waals surface area contributed by atoms with Gasteiger partial charge in [-0.05, 0) is 36.2 Å². The lowest BCUT2D eigenvalue weighted by molar-refractivity contribution is -0.136. The van der Waals surface area contributed by atoms with Gasteiger partial charge in [0.2, 0.25) is 0 Å². The van der Waals surface area contributed by atoms with Crippen molar-refractivity contribution >= 4 is 23.2 Å². The molecule has 2 aromatic carbocycles. The van der Waals surface area contributed by atoms with E-state index in [1.165, 1.54) is 19.9 Å². The number of rotatable bonds is 7. The van der Waals surface area contributed by atoms with Gasteiger partial charge < -0.3 is 29.7 Å². The molecule has 1 aliphatic rings. The molecule has 30 heavy (non-hydrogen) atoms. The molecule has 8 nitrogen and oxygen atoms in total. The van der Waals surface area contributed by atoms with Crippen molar-refractivity contribution in [1.29, 1.82) is 0 Å². The molecule has 0 aromatic heterocycles. The lowest BCUT2D eigenvalue weighted by Gasteiger charge is -2.28. The first-order valence-corrected chi connectivity index (χ1v) is 9.83. The predicted molar refractivity (Wildman–Crippen MR) is 114 cm³/mol. The number of anilines is 2. The van der Waals surface area contributed by atoms with Crippen LogP contribution < -0.4 is 25.0 Å². The minimum Gasteiger partial charge on any atom is -0.497 e. The number of carbonyl (C=O) groups excluding carboxylic acids is 2.